The lowest BCUT2D eigenvalue weighted by Crippen LogP contribution is -2.02. The van der Waals surface area contributed by atoms with Crippen molar-refractivity contribution >= 4 is 16.8 Å². The first-order valence-electron chi connectivity index (χ1n) is 7.52. The maximum Gasteiger partial charge on any atom is 0.205 e. The van der Waals surface area contributed by atoms with Gasteiger partial charge in [-0.15, -0.1) is 0 Å². The lowest BCUT2D eigenvalue weighted by Gasteiger charge is -2.13. The van der Waals surface area contributed by atoms with Gasteiger partial charge in [0.1, 0.15) is 12.4 Å². The van der Waals surface area contributed by atoms with Crippen molar-refractivity contribution in [2.75, 3.05) is 7.11 Å². The number of ether oxygens (including phenoxy) is 2. The normalized spacial score (nSPS) is 10.8. The highest BCUT2D eigenvalue weighted by molar-refractivity contribution is 6.05. The Balaban J connectivity index is 1.99. The number of methoxy groups -OCH3 is 1. The molecule has 0 aliphatic carbocycles. The van der Waals surface area contributed by atoms with Gasteiger partial charge >= 0.3 is 0 Å². The zero-order valence-corrected chi connectivity index (χ0v) is 13.8. The summed E-state index contributed by atoms with van der Waals surface area (Å²) in [4.78, 5) is 11.9. The number of hydrogen-bond donors (Lipinski definition) is 1. The molecule has 0 bridgehead atoms. The molecule has 0 amide bonds. The Morgan fingerprint density at radius 3 is 2.54 bits per heavy atom. The highest BCUT2D eigenvalue weighted by Crippen LogP contribution is 2.42. The largest absolute Gasteiger partial charge is 0.504 e. The third kappa shape index (κ3) is 2.69. The quantitative estimate of drug-likeness (QED) is 0.710. The third-order valence-electron chi connectivity index (χ3n) is 4.00. The second-order valence-corrected chi connectivity index (χ2v) is 5.53. The zero-order valence-electron chi connectivity index (χ0n) is 13.8. The summed E-state index contributed by atoms with van der Waals surface area (Å²) in [6, 6.07) is 9.16. The average molecular weight is 326 g/mol. The Hall–Kier alpha value is -2.95. The molecular formula is C19H18O5. The number of aryl methyl sites for hydroxylation is 1. The number of hydrogen-bond acceptors (Lipinski definition) is 5. The van der Waals surface area contributed by atoms with Crippen LogP contribution in [0, 0.1) is 6.92 Å². The van der Waals surface area contributed by atoms with Crippen LogP contribution >= 0.6 is 0 Å². The second-order valence-electron chi connectivity index (χ2n) is 5.53. The minimum atomic E-state index is -0.220. The van der Waals surface area contributed by atoms with Crippen LogP contribution in [-0.4, -0.2) is 18.0 Å². The first kappa shape index (κ1) is 15.9. The third-order valence-corrected chi connectivity index (χ3v) is 4.00. The first-order chi connectivity index (χ1) is 11.5. The monoisotopic (exact) mass is 326 g/mol. The number of benzene rings is 2. The van der Waals surface area contributed by atoms with Gasteiger partial charge in [0, 0.05) is 5.39 Å². The van der Waals surface area contributed by atoms with E-state index in [2.05, 4.69) is 0 Å². The fourth-order valence-electron chi connectivity index (χ4n) is 2.76. The van der Waals surface area contributed by atoms with E-state index in [9.17, 15) is 9.90 Å². The van der Waals surface area contributed by atoms with Gasteiger partial charge in [-0.1, -0.05) is 12.1 Å². The summed E-state index contributed by atoms with van der Waals surface area (Å²) in [7, 11) is 1.60. The Morgan fingerprint density at radius 2 is 1.92 bits per heavy atom. The van der Waals surface area contributed by atoms with Gasteiger partial charge in [-0.25, -0.2) is 0 Å². The number of phenols is 1. The molecule has 2 aromatic carbocycles. The summed E-state index contributed by atoms with van der Waals surface area (Å²) < 4.78 is 16.4. The molecular weight excluding hydrogens is 308 g/mol. The standard InChI is InChI=1S/C19H18O5/c1-11-15-8-9-23-18(15)19(17(21)16(11)12(2)20)24-10-13-4-6-14(22-3)7-5-13/h4-9,21H,10H2,1-3H3. The molecule has 0 saturated heterocycles. The molecule has 3 aromatic rings. The molecule has 0 atom stereocenters. The average Bonchev–Trinajstić information content (AvgIpc) is 3.05. The van der Waals surface area contributed by atoms with Gasteiger partial charge in [-0.2, -0.15) is 0 Å². The topological polar surface area (TPSA) is 68.9 Å². The van der Waals surface area contributed by atoms with Gasteiger partial charge in [0.15, 0.2) is 17.1 Å². The van der Waals surface area contributed by atoms with Crippen LogP contribution in [0.25, 0.3) is 11.0 Å². The molecule has 0 aliphatic heterocycles. The van der Waals surface area contributed by atoms with Crippen molar-refractivity contribution in [3.63, 3.8) is 0 Å². The number of ketones is 1. The molecule has 5 nitrogen and oxygen atoms in total. The van der Waals surface area contributed by atoms with E-state index in [4.69, 9.17) is 13.9 Å². The van der Waals surface area contributed by atoms with Gasteiger partial charge in [0.25, 0.3) is 0 Å². The van der Waals surface area contributed by atoms with Gasteiger partial charge < -0.3 is 19.0 Å². The smallest absolute Gasteiger partial charge is 0.205 e. The lowest BCUT2D eigenvalue weighted by atomic mass is 10.00. The Morgan fingerprint density at radius 1 is 1.21 bits per heavy atom. The van der Waals surface area contributed by atoms with E-state index in [1.165, 1.54) is 13.2 Å². The van der Waals surface area contributed by atoms with E-state index >= 15 is 0 Å². The van der Waals surface area contributed by atoms with Gasteiger partial charge in [0.05, 0.1) is 18.9 Å². The number of fused-ring (bicyclic) bond motifs is 1. The summed E-state index contributed by atoms with van der Waals surface area (Å²) in [6.45, 7) is 3.43. The molecule has 1 aromatic heterocycles. The molecule has 0 unspecified atom stereocenters. The highest BCUT2D eigenvalue weighted by Gasteiger charge is 2.22. The number of carbonyl (C=O) groups excluding carboxylic acids is 1. The molecule has 3 rings (SSSR count). The minimum absolute atomic E-state index is 0.182. The van der Waals surface area contributed by atoms with Crippen LogP contribution in [0.4, 0.5) is 0 Å². The van der Waals surface area contributed by atoms with E-state index in [1.54, 1.807) is 20.1 Å². The van der Waals surface area contributed by atoms with Crippen molar-refractivity contribution in [3.8, 4) is 17.2 Å². The number of rotatable bonds is 5. The number of phenolic OH excluding ortho intramolecular Hbond substituents is 1. The van der Waals surface area contributed by atoms with Gasteiger partial charge in [-0.05, 0) is 43.2 Å². The van der Waals surface area contributed by atoms with Crippen LogP contribution in [0.5, 0.6) is 17.2 Å². The minimum Gasteiger partial charge on any atom is -0.504 e. The van der Waals surface area contributed by atoms with Crippen LogP contribution in [0.15, 0.2) is 41.0 Å². The molecule has 0 aliphatic rings. The number of carbonyl (C=O) groups is 1. The number of aromatic hydroxyl groups is 1. The van der Waals surface area contributed by atoms with Gasteiger partial charge in [-0.3, -0.25) is 4.79 Å². The maximum absolute atomic E-state index is 11.9. The van der Waals surface area contributed by atoms with Crippen LogP contribution in [0.3, 0.4) is 0 Å². The summed E-state index contributed by atoms with van der Waals surface area (Å²) in [6.07, 6.45) is 1.52. The van der Waals surface area contributed by atoms with Crippen molar-refractivity contribution in [3.05, 3.63) is 53.3 Å². The molecule has 0 saturated carbocycles. The molecule has 1 N–H and O–H groups in total. The molecule has 24 heavy (non-hydrogen) atoms. The predicted molar refractivity (Wildman–Crippen MR) is 89.9 cm³/mol. The second kappa shape index (κ2) is 6.28. The summed E-state index contributed by atoms with van der Waals surface area (Å²) in [5.74, 6) is 0.532. The van der Waals surface area contributed by atoms with Crippen LogP contribution in [0.2, 0.25) is 0 Å². The fourth-order valence-corrected chi connectivity index (χ4v) is 2.76. The summed E-state index contributed by atoms with van der Waals surface area (Å²) in [5.41, 5.74) is 2.28. The van der Waals surface area contributed by atoms with E-state index in [1.807, 2.05) is 24.3 Å². The molecule has 0 radical (unpaired) electrons. The molecule has 1 heterocycles. The maximum atomic E-state index is 11.9. The van der Waals surface area contributed by atoms with E-state index in [-0.39, 0.29) is 29.5 Å². The van der Waals surface area contributed by atoms with E-state index in [0.29, 0.717) is 11.1 Å². The van der Waals surface area contributed by atoms with E-state index < -0.39 is 0 Å². The van der Waals surface area contributed by atoms with Gasteiger partial charge in [0.2, 0.25) is 5.75 Å². The first-order valence-corrected chi connectivity index (χ1v) is 7.52. The molecule has 0 fully saturated rings. The van der Waals surface area contributed by atoms with E-state index in [0.717, 1.165) is 16.7 Å². The van der Waals surface area contributed by atoms with Crippen molar-refractivity contribution in [2.45, 2.75) is 20.5 Å². The van der Waals surface area contributed by atoms with Crippen molar-refractivity contribution in [2.24, 2.45) is 0 Å². The summed E-state index contributed by atoms with van der Waals surface area (Å²) in [5, 5.41) is 11.2. The van der Waals surface area contributed by atoms with Crippen molar-refractivity contribution < 1.29 is 23.8 Å². The highest BCUT2D eigenvalue weighted by atomic mass is 16.5. The molecule has 0 spiro atoms. The molecule has 5 heteroatoms. The SMILES string of the molecule is COc1ccc(COc2c(O)c(C(C)=O)c(C)c3ccoc23)cc1. The Labute approximate surface area is 139 Å². The fraction of sp³-hybridized carbons (Fsp3) is 0.211. The van der Waals surface area contributed by atoms with Crippen LogP contribution < -0.4 is 9.47 Å². The Kier molecular flexibility index (Phi) is 4.16. The molecule has 124 valence electrons. The lowest BCUT2D eigenvalue weighted by molar-refractivity contribution is 0.101. The van der Waals surface area contributed by atoms with Crippen LogP contribution in [0.1, 0.15) is 28.4 Å². The summed E-state index contributed by atoms with van der Waals surface area (Å²) >= 11 is 0. The van der Waals surface area contributed by atoms with Crippen LogP contribution in [-0.2, 0) is 6.61 Å². The van der Waals surface area contributed by atoms with Crippen molar-refractivity contribution in [1.82, 2.24) is 0 Å². The predicted octanol–water partition coefficient (Wildman–Crippen LogP) is 4.24. The zero-order chi connectivity index (χ0) is 17.3. The Bertz CT molecular complexity index is 890. The van der Waals surface area contributed by atoms with Crippen molar-refractivity contribution in [1.29, 1.82) is 0 Å². The number of furan rings is 1. The number of Topliss-reactive ketones (excluding diaryl/α,β-unsaturated/α-hetero) is 1.